The van der Waals surface area contributed by atoms with E-state index >= 15 is 0 Å². The fraction of sp³-hybridized carbons (Fsp3) is 0.600. The molecule has 1 aliphatic heterocycles. The molecule has 50 valence electrons. The van der Waals surface area contributed by atoms with Gasteiger partial charge in [-0.3, -0.25) is 10.4 Å². The fourth-order valence-corrected chi connectivity index (χ4v) is 0.746. The van der Waals surface area contributed by atoms with Crippen LogP contribution in [0.5, 0.6) is 0 Å². The van der Waals surface area contributed by atoms with E-state index in [0.717, 1.165) is 18.9 Å². The summed E-state index contributed by atoms with van der Waals surface area (Å²) in [6, 6.07) is 0. The molecule has 0 bridgehead atoms. The monoisotopic (exact) mass is 126 g/mol. The molecule has 0 saturated heterocycles. The molecule has 0 amide bonds. The second-order valence-electron chi connectivity index (χ2n) is 1.96. The third-order valence-corrected chi connectivity index (χ3v) is 1.10. The quantitative estimate of drug-likeness (QED) is 0.338. The number of nitrogens with one attached hydrogen (secondary N) is 2. The van der Waals surface area contributed by atoms with E-state index in [0.29, 0.717) is 6.42 Å². The largest absolute Gasteiger partial charge is 0.387 e. The van der Waals surface area contributed by atoms with Crippen LogP contribution in [-0.2, 0) is 0 Å². The first-order valence-electron chi connectivity index (χ1n) is 2.89. The summed E-state index contributed by atoms with van der Waals surface area (Å²) in [5.74, 6) is 1.02. The third-order valence-electron chi connectivity index (χ3n) is 1.10. The zero-order valence-corrected chi connectivity index (χ0v) is 5.15. The first kappa shape index (κ1) is 6.07. The molecule has 0 aromatic heterocycles. The van der Waals surface area contributed by atoms with Crippen LogP contribution in [0.1, 0.15) is 6.42 Å². The summed E-state index contributed by atoms with van der Waals surface area (Å²) in [5.41, 5.74) is 5.13. The molecule has 0 aliphatic carbocycles. The van der Waals surface area contributed by atoms with E-state index in [4.69, 9.17) is 11.1 Å². The van der Waals surface area contributed by atoms with Crippen molar-refractivity contribution in [1.82, 2.24) is 5.32 Å². The average molecular weight is 126 g/mol. The molecule has 1 aliphatic rings. The third kappa shape index (κ3) is 1.71. The normalized spacial score (nSPS) is 16.7. The molecule has 4 heteroatoms. The Bertz CT molecular complexity index is 149. The van der Waals surface area contributed by atoms with Crippen LogP contribution in [0.3, 0.4) is 0 Å². The summed E-state index contributed by atoms with van der Waals surface area (Å²) >= 11 is 0. The first-order valence-corrected chi connectivity index (χ1v) is 2.89. The maximum atomic E-state index is 6.92. The summed E-state index contributed by atoms with van der Waals surface area (Å²) in [6.07, 6.45) is 0.472. The van der Waals surface area contributed by atoms with E-state index in [9.17, 15) is 0 Å². The number of hydrogen-bond acceptors (Lipinski definition) is 3. The zero-order chi connectivity index (χ0) is 6.69. The highest BCUT2D eigenvalue weighted by molar-refractivity contribution is 6.00. The van der Waals surface area contributed by atoms with Gasteiger partial charge in [0.15, 0.2) is 0 Å². The van der Waals surface area contributed by atoms with Crippen LogP contribution in [0, 0.1) is 5.41 Å². The highest BCUT2D eigenvalue weighted by Gasteiger charge is 2.04. The molecule has 0 atom stereocenters. The number of nitrogens with two attached hydrogens (primary N) is 1. The number of aliphatic imine (C=N–C) groups is 1. The standard InChI is InChI=1S/C5H10N4/c6-4(7)3-5-8-1-2-9-5/h1-3H2,(H3,6,7)(H,8,9). The van der Waals surface area contributed by atoms with Crippen LogP contribution >= 0.6 is 0 Å². The van der Waals surface area contributed by atoms with Crippen molar-refractivity contribution in [3.05, 3.63) is 0 Å². The molecule has 4 N–H and O–H groups in total. The summed E-state index contributed by atoms with van der Waals surface area (Å²) in [7, 11) is 0. The van der Waals surface area contributed by atoms with Gasteiger partial charge >= 0.3 is 0 Å². The van der Waals surface area contributed by atoms with Crippen molar-refractivity contribution in [2.24, 2.45) is 10.7 Å². The summed E-state index contributed by atoms with van der Waals surface area (Å²) in [5, 5.41) is 9.93. The first-order chi connectivity index (χ1) is 4.29. The lowest BCUT2D eigenvalue weighted by Gasteiger charge is -1.97. The Balaban J connectivity index is 2.35. The molecule has 1 rings (SSSR count). The van der Waals surface area contributed by atoms with Gasteiger partial charge in [-0.2, -0.15) is 0 Å². The summed E-state index contributed by atoms with van der Waals surface area (Å²) < 4.78 is 0. The second kappa shape index (κ2) is 2.48. The lowest BCUT2D eigenvalue weighted by molar-refractivity contribution is 0.955. The second-order valence-corrected chi connectivity index (χ2v) is 1.96. The molecule has 9 heavy (non-hydrogen) atoms. The summed E-state index contributed by atoms with van der Waals surface area (Å²) in [4.78, 5) is 4.06. The van der Waals surface area contributed by atoms with Crippen LogP contribution in [0.4, 0.5) is 0 Å². The van der Waals surface area contributed by atoms with Gasteiger partial charge in [-0.25, -0.2) is 0 Å². The van der Waals surface area contributed by atoms with Crippen LogP contribution in [0.2, 0.25) is 0 Å². The van der Waals surface area contributed by atoms with Gasteiger partial charge in [-0.15, -0.1) is 0 Å². The van der Waals surface area contributed by atoms with E-state index in [1.165, 1.54) is 0 Å². The molecule has 0 fully saturated rings. The van der Waals surface area contributed by atoms with E-state index in [-0.39, 0.29) is 5.84 Å². The van der Waals surface area contributed by atoms with Crippen molar-refractivity contribution >= 4 is 11.7 Å². The Hall–Kier alpha value is -1.06. The van der Waals surface area contributed by atoms with E-state index in [1.54, 1.807) is 0 Å². The van der Waals surface area contributed by atoms with Gasteiger partial charge in [0.25, 0.3) is 0 Å². The van der Waals surface area contributed by atoms with Crippen LogP contribution in [0.15, 0.2) is 4.99 Å². The van der Waals surface area contributed by atoms with E-state index < -0.39 is 0 Å². The van der Waals surface area contributed by atoms with Crippen LogP contribution < -0.4 is 11.1 Å². The molecular weight excluding hydrogens is 116 g/mol. The maximum Gasteiger partial charge on any atom is 0.104 e. The van der Waals surface area contributed by atoms with Crippen molar-refractivity contribution < 1.29 is 0 Å². The Kier molecular flexibility index (Phi) is 1.67. The molecule has 0 spiro atoms. The van der Waals surface area contributed by atoms with Crippen molar-refractivity contribution in [3.8, 4) is 0 Å². The lowest BCUT2D eigenvalue weighted by Crippen LogP contribution is -2.24. The Morgan fingerprint density at radius 3 is 3.11 bits per heavy atom. The van der Waals surface area contributed by atoms with Gasteiger partial charge in [0.2, 0.25) is 0 Å². The highest BCUT2D eigenvalue weighted by Crippen LogP contribution is 1.88. The Morgan fingerprint density at radius 1 is 1.89 bits per heavy atom. The molecule has 4 nitrogen and oxygen atoms in total. The van der Waals surface area contributed by atoms with E-state index in [1.807, 2.05) is 0 Å². The van der Waals surface area contributed by atoms with Crippen LogP contribution in [0.25, 0.3) is 0 Å². The molecular formula is C5H10N4. The number of hydrogen-bond donors (Lipinski definition) is 3. The van der Waals surface area contributed by atoms with Crippen molar-refractivity contribution in [2.45, 2.75) is 6.42 Å². The van der Waals surface area contributed by atoms with Gasteiger partial charge in [0.1, 0.15) is 5.84 Å². The van der Waals surface area contributed by atoms with Gasteiger partial charge in [-0.1, -0.05) is 0 Å². The smallest absolute Gasteiger partial charge is 0.104 e. The van der Waals surface area contributed by atoms with Gasteiger partial charge in [0.05, 0.1) is 18.8 Å². The minimum Gasteiger partial charge on any atom is -0.387 e. The predicted molar refractivity (Wildman–Crippen MR) is 36.8 cm³/mol. The van der Waals surface area contributed by atoms with Crippen molar-refractivity contribution in [2.75, 3.05) is 13.1 Å². The number of nitrogens with zero attached hydrogens (tertiary/aromatic N) is 1. The molecule has 0 unspecified atom stereocenters. The number of amidine groups is 2. The minimum atomic E-state index is 0.170. The van der Waals surface area contributed by atoms with Gasteiger partial charge in [0, 0.05) is 6.54 Å². The van der Waals surface area contributed by atoms with Gasteiger partial charge in [-0.05, 0) is 0 Å². The minimum absolute atomic E-state index is 0.170. The Labute approximate surface area is 53.7 Å². The number of rotatable bonds is 2. The Morgan fingerprint density at radius 2 is 2.67 bits per heavy atom. The molecule has 0 saturated carbocycles. The zero-order valence-electron chi connectivity index (χ0n) is 5.15. The summed E-state index contributed by atoms with van der Waals surface area (Å²) in [6.45, 7) is 1.71. The molecule has 0 radical (unpaired) electrons. The topological polar surface area (TPSA) is 74.3 Å². The van der Waals surface area contributed by atoms with Gasteiger partial charge < -0.3 is 11.1 Å². The molecule has 0 aromatic carbocycles. The van der Waals surface area contributed by atoms with Crippen molar-refractivity contribution in [3.63, 3.8) is 0 Å². The predicted octanol–water partition coefficient (Wildman–Crippen LogP) is -0.686. The highest BCUT2D eigenvalue weighted by atomic mass is 15.1. The maximum absolute atomic E-state index is 6.92. The van der Waals surface area contributed by atoms with E-state index in [2.05, 4.69) is 10.3 Å². The lowest BCUT2D eigenvalue weighted by atomic mass is 10.4. The molecule has 0 aromatic rings. The van der Waals surface area contributed by atoms with Crippen LogP contribution in [-0.4, -0.2) is 24.8 Å². The van der Waals surface area contributed by atoms with Crippen molar-refractivity contribution in [1.29, 1.82) is 5.41 Å². The average Bonchev–Trinajstić information content (AvgIpc) is 2.15. The molecule has 1 heterocycles. The SMILES string of the molecule is N=C(N)CC1=NCCN1. The fourth-order valence-electron chi connectivity index (χ4n) is 0.746.